The number of nitrogens with one attached hydrogen (secondary N) is 2. The average molecular weight is 339 g/mol. The molecule has 0 atom stereocenters. The van der Waals surface area contributed by atoms with Crippen LogP contribution in [0.2, 0.25) is 0 Å². The summed E-state index contributed by atoms with van der Waals surface area (Å²) >= 11 is 0. The van der Waals surface area contributed by atoms with E-state index in [9.17, 15) is 4.79 Å². The Morgan fingerprint density at radius 3 is 1.96 bits per heavy atom. The maximum Gasteiger partial charge on any atom is 0.274 e. The Labute approximate surface area is 151 Å². The first-order valence-electron chi connectivity index (χ1n) is 8.96. The number of hydrogen-bond acceptors (Lipinski definition) is 3. The molecule has 0 aliphatic heterocycles. The number of para-hydroxylation sites is 1. The summed E-state index contributed by atoms with van der Waals surface area (Å²) in [5.41, 5.74) is 4.55. The summed E-state index contributed by atoms with van der Waals surface area (Å²) in [5, 5.41) is 6.37. The van der Waals surface area contributed by atoms with E-state index in [1.165, 1.54) is 0 Å². The molecule has 0 fully saturated rings. The number of pyridine rings is 1. The number of carbonyl (C=O) groups excluding carboxylic acids is 1. The third-order valence-electron chi connectivity index (χ3n) is 4.06. The van der Waals surface area contributed by atoms with Crippen LogP contribution in [0.1, 0.15) is 75.0 Å². The third-order valence-corrected chi connectivity index (χ3v) is 4.06. The summed E-state index contributed by atoms with van der Waals surface area (Å²) in [6.07, 6.45) is 1.70. The summed E-state index contributed by atoms with van der Waals surface area (Å²) in [6.45, 7) is 12.7. The Bertz CT molecular complexity index is 692. The van der Waals surface area contributed by atoms with Crippen LogP contribution in [0.25, 0.3) is 0 Å². The fourth-order valence-electron chi connectivity index (χ4n) is 2.82. The third kappa shape index (κ3) is 4.81. The molecule has 0 saturated heterocycles. The Hall–Kier alpha value is -2.36. The average Bonchev–Trinajstić information content (AvgIpc) is 2.54. The van der Waals surface area contributed by atoms with E-state index in [0.717, 1.165) is 22.5 Å². The monoisotopic (exact) mass is 339 g/mol. The van der Waals surface area contributed by atoms with Crippen LogP contribution < -0.4 is 10.6 Å². The normalized spacial score (nSPS) is 11.2. The van der Waals surface area contributed by atoms with E-state index in [4.69, 9.17) is 0 Å². The number of rotatable bonds is 6. The summed E-state index contributed by atoms with van der Waals surface area (Å²) in [5.74, 6) is 0.491. The van der Waals surface area contributed by atoms with Crippen molar-refractivity contribution in [3.05, 3.63) is 53.3 Å². The van der Waals surface area contributed by atoms with Gasteiger partial charge in [-0.25, -0.2) is 4.98 Å². The van der Waals surface area contributed by atoms with Gasteiger partial charge < -0.3 is 10.6 Å². The number of hydrogen-bond donors (Lipinski definition) is 2. The quantitative estimate of drug-likeness (QED) is 0.741. The molecule has 134 valence electrons. The molecule has 0 saturated carbocycles. The topological polar surface area (TPSA) is 54.0 Å². The highest BCUT2D eigenvalue weighted by atomic mass is 16.1. The molecular weight excluding hydrogens is 310 g/mol. The van der Waals surface area contributed by atoms with Crippen LogP contribution in [0.5, 0.6) is 0 Å². The molecule has 1 aromatic carbocycles. The molecule has 0 unspecified atom stereocenters. The Balaban J connectivity index is 2.28. The summed E-state index contributed by atoms with van der Waals surface area (Å²) in [7, 11) is 0. The van der Waals surface area contributed by atoms with Gasteiger partial charge in [-0.05, 0) is 48.9 Å². The van der Waals surface area contributed by atoms with E-state index in [1.54, 1.807) is 12.3 Å². The molecule has 2 N–H and O–H groups in total. The number of benzene rings is 1. The first-order valence-corrected chi connectivity index (χ1v) is 8.96. The summed E-state index contributed by atoms with van der Waals surface area (Å²) in [6, 6.07) is 10.2. The van der Waals surface area contributed by atoms with Crippen molar-refractivity contribution in [1.29, 1.82) is 0 Å². The lowest BCUT2D eigenvalue weighted by Gasteiger charge is -2.20. The fourth-order valence-corrected chi connectivity index (χ4v) is 2.82. The largest absolute Gasteiger partial charge is 0.382 e. The molecule has 0 bridgehead atoms. The van der Waals surface area contributed by atoms with E-state index in [-0.39, 0.29) is 5.91 Å². The van der Waals surface area contributed by atoms with Gasteiger partial charge in [0.2, 0.25) is 0 Å². The van der Waals surface area contributed by atoms with Gasteiger partial charge in [0.25, 0.3) is 5.91 Å². The van der Waals surface area contributed by atoms with Crippen LogP contribution in [0.3, 0.4) is 0 Å². The minimum Gasteiger partial charge on any atom is -0.382 e. The first-order chi connectivity index (χ1) is 11.8. The molecule has 2 aromatic rings. The van der Waals surface area contributed by atoms with E-state index in [0.29, 0.717) is 23.6 Å². The van der Waals surface area contributed by atoms with Gasteiger partial charge in [-0.2, -0.15) is 0 Å². The zero-order chi connectivity index (χ0) is 18.6. The second-order valence-corrected chi connectivity index (χ2v) is 7.31. The highest BCUT2D eigenvalue weighted by Crippen LogP contribution is 2.32. The SMILES string of the molecule is CC(C)Nc1ccc(C(=O)Nc2c(C(C)C)cccc2C(C)C)nc1. The minimum atomic E-state index is -0.175. The van der Waals surface area contributed by atoms with Crippen LogP contribution in [0.15, 0.2) is 36.5 Å². The van der Waals surface area contributed by atoms with Crippen molar-refractivity contribution in [3.8, 4) is 0 Å². The molecule has 1 heterocycles. The van der Waals surface area contributed by atoms with Gasteiger partial charge in [-0.1, -0.05) is 45.9 Å². The van der Waals surface area contributed by atoms with Crippen molar-refractivity contribution < 1.29 is 4.79 Å². The lowest BCUT2D eigenvalue weighted by molar-refractivity contribution is 0.102. The highest BCUT2D eigenvalue weighted by molar-refractivity contribution is 6.04. The van der Waals surface area contributed by atoms with Gasteiger partial charge in [0.1, 0.15) is 5.69 Å². The predicted octanol–water partition coefficient (Wildman–Crippen LogP) is 5.40. The lowest BCUT2D eigenvalue weighted by Crippen LogP contribution is -2.17. The number of amides is 1. The lowest BCUT2D eigenvalue weighted by atomic mass is 9.92. The molecule has 1 amide bonds. The van der Waals surface area contributed by atoms with Crippen molar-refractivity contribution >= 4 is 17.3 Å². The molecule has 0 spiro atoms. The number of carbonyl (C=O) groups is 1. The molecule has 2 rings (SSSR count). The Morgan fingerprint density at radius 2 is 1.52 bits per heavy atom. The number of aromatic nitrogens is 1. The van der Waals surface area contributed by atoms with Gasteiger partial charge in [0.05, 0.1) is 11.9 Å². The number of anilines is 2. The molecule has 25 heavy (non-hydrogen) atoms. The molecule has 1 aromatic heterocycles. The maximum atomic E-state index is 12.7. The molecule has 0 radical (unpaired) electrons. The molecule has 0 aliphatic rings. The standard InChI is InChI=1S/C21H29N3O/c1-13(2)17-8-7-9-18(14(3)4)20(17)24-21(25)19-11-10-16(12-22-19)23-15(5)6/h7-15,23H,1-6H3,(H,24,25). The van der Waals surface area contributed by atoms with Gasteiger partial charge in [-0.15, -0.1) is 0 Å². The van der Waals surface area contributed by atoms with Crippen LogP contribution in [0, 0.1) is 0 Å². The van der Waals surface area contributed by atoms with E-state index < -0.39 is 0 Å². The van der Waals surface area contributed by atoms with Crippen molar-refractivity contribution in [2.24, 2.45) is 0 Å². The van der Waals surface area contributed by atoms with Gasteiger partial charge in [0, 0.05) is 11.7 Å². The van der Waals surface area contributed by atoms with Crippen molar-refractivity contribution in [2.45, 2.75) is 59.4 Å². The zero-order valence-corrected chi connectivity index (χ0v) is 16.1. The van der Waals surface area contributed by atoms with Gasteiger partial charge in [-0.3, -0.25) is 4.79 Å². The molecule has 0 aliphatic carbocycles. The van der Waals surface area contributed by atoms with Gasteiger partial charge in [0.15, 0.2) is 0 Å². The van der Waals surface area contributed by atoms with Crippen LogP contribution in [-0.2, 0) is 0 Å². The zero-order valence-electron chi connectivity index (χ0n) is 16.1. The van der Waals surface area contributed by atoms with E-state index in [2.05, 4.69) is 75.4 Å². The second-order valence-electron chi connectivity index (χ2n) is 7.31. The first kappa shape index (κ1) is 19.0. The Kier molecular flexibility index (Phi) is 6.18. The smallest absolute Gasteiger partial charge is 0.274 e. The summed E-state index contributed by atoms with van der Waals surface area (Å²) < 4.78 is 0. The van der Waals surface area contributed by atoms with Crippen LogP contribution in [-0.4, -0.2) is 16.9 Å². The van der Waals surface area contributed by atoms with E-state index in [1.807, 2.05) is 6.07 Å². The van der Waals surface area contributed by atoms with Gasteiger partial charge >= 0.3 is 0 Å². The molecule has 4 heteroatoms. The van der Waals surface area contributed by atoms with Crippen molar-refractivity contribution in [3.63, 3.8) is 0 Å². The predicted molar refractivity (Wildman–Crippen MR) is 106 cm³/mol. The second kappa shape index (κ2) is 8.15. The maximum absolute atomic E-state index is 12.7. The van der Waals surface area contributed by atoms with Crippen LogP contribution in [0.4, 0.5) is 11.4 Å². The fraction of sp³-hybridized carbons (Fsp3) is 0.429. The van der Waals surface area contributed by atoms with E-state index >= 15 is 0 Å². The van der Waals surface area contributed by atoms with Crippen molar-refractivity contribution in [1.82, 2.24) is 4.98 Å². The number of nitrogens with zero attached hydrogens (tertiary/aromatic N) is 1. The summed E-state index contributed by atoms with van der Waals surface area (Å²) in [4.78, 5) is 17.0. The van der Waals surface area contributed by atoms with Crippen molar-refractivity contribution in [2.75, 3.05) is 10.6 Å². The van der Waals surface area contributed by atoms with Crippen LogP contribution >= 0.6 is 0 Å². The molecular formula is C21H29N3O. The Morgan fingerprint density at radius 1 is 0.920 bits per heavy atom. The molecule has 4 nitrogen and oxygen atoms in total. The highest BCUT2D eigenvalue weighted by Gasteiger charge is 2.17. The minimum absolute atomic E-state index is 0.175.